The highest BCUT2D eigenvalue weighted by Crippen LogP contribution is 2.43. The fourth-order valence-corrected chi connectivity index (χ4v) is 4.67. The molecule has 0 radical (unpaired) electrons. The molecule has 5 rings (SSSR count). The standard InChI is InChI=1S/C30H27NO7/c1-4-5-16-37-30(34)18-10-13-20(14-11-18)31-26(19-12-15-23(35-2)24(17-19)36-3)25-27(32)21-8-6-7-9-22(21)38-28(25)29(31)33/h6-15,17,26H,4-5,16H2,1-3H3. The highest BCUT2D eigenvalue weighted by atomic mass is 16.5. The molecule has 0 fully saturated rings. The number of hydrogen-bond donors (Lipinski definition) is 0. The number of para-hydroxylation sites is 1. The van der Waals surface area contributed by atoms with Crippen molar-refractivity contribution in [3.63, 3.8) is 0 Å². The van der Waals surface area contributed by atoms with Crippen LogP contribution in [0.1, 0.15) is 57.8 Å². The van der Waals surface area contributed by atoms with E-state index in [-0.39, 0.29) is 16.8 Å². The van der Waals surface area contributed by atoms with Gasteiger partial charge in [-0.3, -0.25) is 14.5 Å². The van der Waals surface area contributed by atoms with Crippen LogP contribution in [0.3, 0.4) is 0 Å². The third kappa shape index (κ3) is 4.28. The van der Waals surface area contributed by atoms with Gasteiger partial charge in [0.05, 0.1) is 43.4 Å². The molecule has 1 amide bonds. The molecule has 1 aliphatic rings. The monoisotopic (exact) mass is 513 g/mol. The Hall–Kier alpha value is -4.59. The molecule has 0 bridgehead atoms. The molecule has 194 valence electrons. The van der Waals surface area contributed by atoms with Gasteiger partial charge in [0, 0.05) is 5.69 Å². The van der Waals surface area contributed by atoms with E-state index in [1.54, 1.807) is 66.7 Å². The summed E-state index contributed by atoms with van der Waals surface area (Å²) in [5.74, 6) is 0.0723. The number of rotatable bonds is 8. The van der Waals surface area contributed by atoms with Crippen molar-refractivity contribution >= 4 is 28.5 Å². The lowest BCUT2D eigenvalue weighted by atomic mass is 9.97. The smallest absolute Gasteiger partial charge is 0.338 e. The largest absolute Gasteiger partial charge is 0.493 e. The summed E-state index contributed by atoms with van der Waals surface area (Å²) in [6.07, 6.45) is 1.70. The summed E-state index contributed by atoms with van der Waals surface area (Å²) in [4.78, 5) is 41.4. The Bertz CT molecular complexity index is 1570. The SMILES string of the molecule is CCCCOC(=O)c1ccc(N2C(=O)c3oc4ccccc4c(=O)c3C2c2ccc(OC)c(OC)c2)cc1. The van der Waals surface area contributed by atoms with Crippen LogP contribution in [0.25, 0.3) is 11.0 Å². The van der Waals surface area contributed by atoms with Crippen LogP contribution in [-0.4, -0.2) is 32.7 Å². The topological polar surface area (TPSA) is 95.3 Å². The summed E-state index contributed by atoms with van der Waals surface area (Å²) in [6.45, 7) is 2.37. The number of carbonyl (C=O) groups excluding carboxylic acids is 2. The van der Waals surface area contributed by atoms with Crippen LogP contribution < -0.4 is 19.8 Å². The Labute approximate surface area is 219 Å². The van der Waals surface area contributed by atoms with Gasteiger partial charge in [0.2, 0.25) is 5.76 Å². The van der Waals surface area contributed by atoms with E-state index in [1.165, 1.54) is 19.1 Å². The number of unbranched alkanes of at least 4 members (excludes halogenated alkanes) is 1. The lowest BCUT2D eigenvalue weighted by Gasteiger charge is -2.26. The van der Waals surface area contributed by atoms with Crippen LogP contribution in [-0.2, 0) is 4.74 Å². The number of nitrogens with zero attached hydrogens (tertiary/aromatic N) is 1. The molecule has 38 heavy (non-hydrogen) atoms. The molecule has 8 heteroatoms. The Kier molecular flexibility index (Phi) is 6.87. The van der Waals surface area contributed by atoms with E-state index < -0.39 is 17.9 Å². The third-order valence-electron chi connectivity index (χ3n) is 6.61. The molecule has 2 heterocycles. The van der Waals surface area contributed by atoms with Crippen molar-refractivity contribution in [2.75, 3.05) is 25.7 Å². The molecule has 0 N–H and O–H groups in total. The summed E-state index contributed by atoms with van der Waals surface area (Å²) < 4.78 is 22.2. The van der Waals surface area contributed by atoms with Gasteiger partial charge in [-0.1, -0.05) is 31.5 Å². The Morgan fingerprint density at radius 2 is 1.68 bits per heavy atom. The normalized spacial score (nSPS) is 14.4. The fourth-order valence-electron chi connectivity index (χ4n) is 4.67. The molecule has 4 aromatic rings. The predicted molar refractivity (Wildman–Crippen MR) is 142 cm³/mol. The quantitative estimate of drug-likeness (QED) is 0.226. The van der Waals surface area contributed by atoms with Gasteiger partial charge < -0.3 is 18.6 Å². The zero-order chi connectivity index (χ0) is 26.8. The zero-order valence-electron chi connectivity index (χ0n) is 21.4. The van der Waals surface area contributed by atoms with Crippen LogP contribution >= 0.6 is 0 Å². The van der Waals surface area contributed by atoms with Crippen molar-refractivity contribution in [3.8, 4) is 11.5 Å². The molecule has 1 aliphatic heterocycles. The molecule has 0 spiro atoms. The van der Waals surface area contributed by atoms with E-state index in [0.29, 0.717) is 45.9 Å². The van der Waals surface area contributed by atoms with Crippen LogP contribution in [0.4, 0.5) is 5.69 Å². The van der Waals surface area contributed by atoms with E-state index in [2.05, 4.69) is 0 Å². The average Bonchev–Trinajstić information content (AvgIpc) is 3.25. The van der Waals surface area contributed by atoms with E-state index in [9.17, 15) is 14.4 Å². The summed E-state index contributed by atoms with van der Waals surface area (Å²) >= 11 is 0. The molecular weight excluding hydrogens is 486 g/mol. The van der Waals surface area contributed by atoms with Crippen molar-refractivity contribution in [3.05, 3.63) is 99.4 Å². The number of carbonyl (C=O) groups is 2. The first-order valence-electron chi connectivity index (χ1n) is 12.4. The number of amides is 1. The number of ether oxygens (including phenoxy) is 3. The van der Waals surface area contributed by atoms with E-state index in [1.807, 2.05) is 6.92 Å². The van der Waals surface area contributed by atoms with E-state index in [0.717, 1.165) is 12.8 Å². The lowest BCUT2D eigenvalue weighted by molar-refractivity contribution is 0.0499. The minimum absolute atomic E-state index is 0.0171. The number of methoxy groups -OCH3 is 2. The molecule has 0 saturated heterocycles. The van der Waals surface area contributed by atoms with Crippen molar-refractivity contribution in [1.29, 1.82) is 0 Å². The first-order valence-corrected chi connectivity index (χ1v) is 12.4. The van der Waals surface area contributed by atoms with Gasteiger partial charge in [-0.25, -0.2) is 4.79 Å². The highest BCUT2D eigenvalue weighted by molar-refractivity contribution is 6.10. The third-order valence-corrected chi connectivity index (χ3v) is 6.61. The van der Waals surface area contributed by atoms with Gasteiger partial charge in [0.15, 0.2) is 16.9 Å². The van der Waals surface area contributed by atoms with Gasteiger partial charge in [0.25, 0.3) is 5.91 Å². The average molecular weight is 514 g/mol. The Morgan fingerprint density at radius 3 is 2.39 bits per heavy atom. The lowest BCUT2D eigenvalue weighted by Crippen LogP contribution is -2.29. The number of benzene rings is 3. The molecule has 1 unspecified atom stereocenters. The second-order valence-corrected chi connectivity index (χ2v) is 8.90. The fraction of sp³-hybridized carbons (Fsp3) is 0.233. The number of esters is 1. The van der Waals surface area contributed by atoms with E-state index in [4.69, 9.17) is 18.6 Å². The minimum Gasteiger partial charge on any atom is -0.493 e. The van der Waals surface area contributed by atoms with Gasteiger partial charge >= 0.3 is 5.97 Å². The van der Waals surface area contributed by atoms with Crippen molar-refractivity contribution in [1.82, 2.24) is 0 Å². The van der Waals surface area contributed by atoms with Crippen LogP contribution in [0, 0.1) is 0 Å². The second-order valence-electron chi connectivity index (χ2n) is 8.90. The van der Waals surface area contributed by atoms with Crippen LogP contribution in [0.2, 0.25) is 0 Å². The Morgan fingerprint density at radius 1 is 0.947 bits per heavy atom. The molecule has 1 aromatic heterocycles. The molecule has 3 aromatic carbocycles. The maximum Gasteiger partial charge on any atom is 0.338 e. The molecule has 8 nitrogen and oxygen atoms in total. The van der Waals surface area contributed by atoms with Gasteiger partial charge in [-0.15, -0.1) is 0 Å². The van der Waals surface area contributed by atoms with Gasteiger partial charge in [0.1, 0.15) is 5.58 Å². The summed E-state index contributed by atoms with van der Waals surface area (Å²) in [6, 6.07) is 17.9. The minimum atomic E-state index is -0.791. The van der Waals surface area contributed by atoms with Crippen LogP contribution in [0.15, 0.2) is 75.9 Å². The highest BCUT2D eigenvalue weighted by Gasteiger charge is 2.44. The maximum absolute atomic E-state index is 13.8. The van der Waals surface area contributed by atoms with Gasteiger partial charge in [-0.2, -0.15) is 0 Å². The molecular formula is C30H27NO7. The summed E-state index contributed by atoms with van der Waals surface area (Å²) in [7, 11) is 3.06. The van der Waals surface area contributed by atoms with Crippen molar-refractivity contribution < 1.29 is 28.2 Å². The van der Waals surface area contributed by atoms with Crippen molar-refractivity contribution in [2.24, 2.45) is 0 Å². The molecule has 0 saturated carbocycles. The first kappa shape index (κ1) is 25.1. The summed E-state index contributed by atoms with van der Waals surface area (Å²) in [5.41, 5.74) is 1.80. The molecule has 1 atom stereocenters. The zero-order valence-corrected chi connectivity index (χ0v) is 21.4. The number of fused-ring (bicyclic) bond motifs is 2. The van der Waals surface area contributed by atoms with Crippen molar-refractivity contribution in [2.45, 2.75) is 25.8 Å². The molecule has 0 aliphatic carbocycles. The second kappa shape index (κ2) is 10.4. The summed E-state index contributed by atoms with van der Waals surface area (Å²) in [5, 5.41) is 0.386. The maximum atomic E-state index is 13.8. The predicted octanol–water partition coefficient (Wildman–Crippen LogP) is 5.52. The van der Waals surface area contributed by atoms with E-state index >= 15 is 0 Å². The van der Waals surface area contributed by atoms with Gasteiger partial charge in [-0.05, 0) is 60.5 Å². The Balaban J connectivity index is 1.64. The first-order chi connectivity index (χ1) is 18.5. The number of hydrogen-bond acceptors (Lipinski definition) is 7. The number of anilines is 1. The van der Waals surface area contributed by atoms with Crippen LogP contribution in [0.5, 0.6) is 11.5 Å².